The lowest BCUT2D eigenvalue weighted by atomic mass is 9.95. The molecule has 0 bridgehead atoms. The molecule has 0 saturated carbocycles. The molecule has 0 radical (unpaired) electrons. The highest BCUT2D eigenvalue weighted by atomic mass is 16.5. The van der Waals surface area contributed by atoms with E-state index in [4.69, 9.17) is 9.15 Å². The van der Waals surface area contributed by atoms with E-state index in [0.717, 1.165) is 50.3 Å². The third-order valence-electron chi connectivity index (χ3n) is 5.98. The summed E-state index contributed by atoms with van der Waals surface area (Å²) in [6.45, 7) is 6.85. The number of anilines is 2. The highest BCUT2D eigenvalue weighted by Crippen LogP contribution is 2.31. The van der Waals surface area contributed by atoms with Gasteiger partial charge in [0.05, 0.1) is 5.69 Å². The molecule has 0 aromatic carbocycles. The van der Waals surface area contributed by atoms with Crippen LogP contribution in [-0.4, -0.2) is 42.0 Å². The minimum absolute atomic E-state index is 0.0523. The first-order valence-electron chi connectivity index (χ1n) is 10.3. The smallest absolute Gasteiger partial charge is 0.349 e. The summed E-state index contributed by atoms with van der Waals surface area (Å²) in [7, 11) is 1.85. The Morgan fingerprint density at radius 3 is 2.55 bits per heavy atom. The fourth-order valence-corrected chi connectivity index (χ4v) is 4.15. The van der Waals surface area contributed by atoms with Crippen LogP contribution in [0.25, 0.3) is 0 Å². The summed E-state index contributed by atoms with van der Waals surface area (Å²) in [4.78, 5) is 27.9. The number of hydrogen-bond donors (Lipinski definition) is 1. The maximum Gasteiger partial charge on any atom is 0.349 e. The second-order valence-electron chi connectivity index (χ2n) is 7.94. The lowest BCUT2D eigenvalue weighted by Crippen LogP contribution is -2.26. The van der Waals surface area contributed by atoms with E-state index in [0.29, 0.717) is 30.2 Å². The molecule has 8 heteroatoms. The molecule has 0 spiro atoms. The molecule has 0 atom stereocenters. The highest BCUT2D eigenvalue weighted by Gasteiger charge is 2.26. The molecule has 4 rings (SSSR count). The van der Waals surface area contributed by atoms with Gasteiger partial charge in [-0.2, -0.15) is 5.10 Å². The maximum atomic E-state index is 13.0. The molecule has 1 N–H and O–H groups in total. The van der Waals surface area contributed by atoms with Gasteiger partial charge >= 0.3 is 5.63 Å². The molecule has 0 aliphatic carbocycles. The fourth-order valence-electron chi connectivity index (χ4n) is 4.15. The summed E-state index contributed by atoms with van der Waals surface area (Å²) < 4.78 is 12.7. The number of ether oxygens (including phenoxy) is 1. The van der Waals surface area contributed by atoms with Crippen LogP contribution in [0, 0.1) is 13.8 Å². The van der Waals surface area contributed by atoms with Crippen molar-refractivity contribution in [3.05, 3.63) is 39.1 Å². The van der Waals surface area contributed by atoms with Crippen molar-refractivity contribution in [2.45, 2.75) is 45.4 Å². The number of aromatic nitrogens is 2. The second kappa shape index (κ2) is 8.02. The largest absolute Gasteiger partial charge is 0.427 e. The van der Waals surface area contributed by atoms with E-state index in [-0.39, 0.29) is 11.5 Å². The van der Waals surface area contributed by atoms with Gasteiger partial charge in [0.25, 0.3) is 5.91 Å². The lowest BCUT2D eigenvalue weighted by Gasteiger charge is -2.21. The van der Waals surface area contributed by atoms with Crippen molar-refractivity contribution in [3.63, 3.8) is 0 Å². The molecule has 156 valence electrons. The monoisotopic (exact) mass is 400 g/mol. The van der Waals surface area contributed by atoms with Crippen molar-refractivity contribution in [2.24, 2.45) is 7.05 Å². The Morgan fingerprint density at radius 1 is 1.21 bits per heavy atom. The summed E-state index contributed by atoms with van der Waals surface area (Å²) in [6.07, 6.45) is 3.86. The molecule has 8 nitrogen and oxygen atoms in total. The Bertz CT molecular complexity index is 966. The molecule has 2 aromatic rings. The van der Waals surface area contributed by atoms with Gasteiger partial charge in [-0.25, -0.2) is 4.79 Å². The third-order valence-corrected chi connectivity index (χ3v) is 5.98. The van der Waals surface area contributed by atoms with Crippen molar-refractivity contribution in [1.82, 2.24) is 9.78 Å². The molecule has 4 heterocycles. The van der Waals surface area contributed by atoms with E-state index in [1.807, 2.05) is 20.0 Å². The Morgan fingerprint density at radius 2 is 1.90 bits per heavy atom. The van der Waals surface area contributed by atoms with Crippen LogP contribution < -0.4 is 15.8 Å². The summed E-state index contributed by atoms with van der Waals surface area (Å²) in [5.41, 5.74) is 1.60. The molecule has 2 fully saturated rings. The molecule has 2 aliphatic heterocycles. The lowest BCUT2D eigenvalue weighted by molar-refractivity contribution is 0.0796. The molecule has 1 amide bonds. The number of aryl methyl sites for hydroxylation is 2. The molecular formula is C21H28N4O4. The van der Waals surface area contributed by atoms with E-state index < -0.39 is 11.5 Å². The molecule has 29 heavy (non-hydrogen) atoms. The minimum Gasteiger partial charge on any atom is -0.427 e. The fraction of sp³-hybridized carbons (Fsp3) is 0.571. The Hall–Kier alpha value is -2.61. The molecule has 2 aliphatic rings. The average molecular weight is 400 g/mol. The molecular weight excluding hydrogens is 372 g/mol. The van der Waals surface area contributed by atoms with E-state index in [9.17, 15) is 9.59 Å². The van der Waals surface area contributed by atoms with Crippen molar-refractivity contribution in [1.29, 1.82) is 0 Å². The van der Waals surface area contributed by atoms with Crippen LogP contribution in [0.15, 0.2) is 15.3 Å². The number of carbonyl (C=O) groups excluding carboxylic acids is 1. The van der Waals surface area contributed by atoms with Gasteiger partial charge < -0.3 is 19.4 Å². The van der Waals surface area contributed by atoms with Crippen molar-refractivity contribution < 1.29 is 13.9 Å². The number of nitrogens with one attached hydrogen (secondary N) is 1. The summed E-state index contributed by atoms with van der Waals surface area (Å²) in [5.74, 6) is 1.11. The summed E-state index contributed by atoms with van der Waals surface area (Å²) in [6, 6.07) is 1.82. The number of carbonyl (C=O) groups is 1. The first kappa shape index (κ1) is 19.7. The van der Waals surface area contributed by atoms with E-state index in [1.165, 1.54) is 0 Å². The molecule has 2 saturated heterocycles. The van der Waals surface area contributed by atoms with Crippen LogP contribution in [0.1, 0.15) is 59.0 Å². The quantitative estimate of drug-likeness (QED) is 0.849. The van der Waals surface area contributed by atoms with Gasteiger partial charge in [-0.1, -0.05) is 0 Å². The van der Waals surface area contributed by atoms with Crippen LogP contribution in [0.3, 0.4) is 0 Å². The van der Waals surface area contributed by atoms with Crippen LogP contribution in [0.4, 0.5) is 11.5 Å². The second-order valence-corrected chi connectivity index (χ2v) is 7.94. The highest BCUT2D eigenvalue weighted by molar-refractivity contribution is 6.06. The molecule has 2 aromatic heterocycles. The SMILES string of the molecule is Cc1cc(C2CCOCC2)oc(=O)c1C(=O)Nc1c(N2CCCC2)nn(C)c1C. The van der Waals surface area contributed by atoms with Crippen LogP contribution in [0.2, 0.25) is 0 Å². The van der Waals surface area contributed by atoms with Gasteiger partial charge in [-0.15, -0.1) is 0 Å². The number of nitrogens with zero attached hydrogens (tertiary/aromatic N) is 3. The Kier molecular flexibility index (Phi) is 5.45. The van der Waals surface area contributed by atoms with E-state index in [2.05, 4.69) is 15.3 Å². The predicted molar refractivity (Wildman–Crippen MR) is 110 cm³/mol. The van der Waals surface area contributed by atoms with Gasteiger partial charge in [-0.3, -0.25) is 9.48 Å². The normalized spacial score (nSPS) is 17.7. The average Bonchev–Trinajstić information content (AvgIpc) is 3.32. The molecule has 0 unspecified atom stereocenters. The van der Waals surface area contributed by atoms with E-state index >= 15 is 0 Å². The number of amides is 1. The zero-order valence-electron chi connectivity index (χ0n) is 17.3. The number of hydrogen-bond acceptors (Lipinski definition) is 6. The Labute approximate surface area is 169 Å². The first-order valence-corrected chi connectivity index (χ1v) is 10.3. The van der Waals surface area contributed by atoms with Crippen LogP contribution in [-0.2, 0) is 11.8 Å². The van der Waals surface area contributed by atoms with Crippen molar-refractivity contribution >= 4 is 17.4 Å². The first-order chi connectivity index (χ1) is 14.0. The Balaban J connectivity index is 1.62. The zero-order chi connectivity index (χ0) is 20.5. The maximum absolute atomic E-state index is 13.0. The number of rotatable bonds is 4. The summed E-state index contributed by atoms with van der Waals surface area (Å²) >= 11 is 0. The van der Waals surface area contributed by atoms with Crippen molar-refractivity contribution in [3.8, 4) is 0 Å². The van der Waals surface area contributed by atoms with Gasteiger partial charge in [0.2, 0.25) is 0 Å². The zero-order valence-corrected chi connectivity index (χ0v) is 17.3. The minimum atomic E-state index is -0.590. The standard InChI is InChI=1S/C21H28N4O4/c1-13-12-16(15-6-10-28-11-7-15)29-21(27)17(13)20(26)22-18-14(2)24(3)23-19(18)25-8-4-5-9-25/h12,15H,4-11H2,1-3H3,(H,22,26). The van der Waals surface area contributed by atoms with Crippen molar-refractivity contribution in [2.75, 3.05) is 36.5 Å². The van der Waals surface area contributed by atoms with Crippen LogP contribution >= 0.6 is 0 Å². The predicted octanol–water partition coefficient (Wildman–Crippen LogP) is 2.74. The topological polar surface area (TPSA) is 89.6 Å². The van der Waals surface area contributed by atoms with Gasteiger partial charge in [-0.05, 0) is 51.2 Å². The van der Waals surface area contributed by atoms with E-state index in [1.54, 1.807) is 11.6 Å². The van der Waals surface area contributed by atoms with Crippen LogP contribution in [0.5, 0.6) is 0 Å². The van der Waals surface area contributed by atoms with Gasteiger partial charge in [0.15, 0.2) is 5.82 Å². The summed E-state index contributed by atoms with van der Waals surface area (Å²) in [5, 5.41) is 7.50. The van der Waals surface area contributed by atoms with Gasteiger partial charge in [0.1, 0.15) is 17.0 Å². The van der Waals surface area contributed by atoms with Gasteiger partial charge in [0, 0.05) is 39.3 Å². The third kappa shape index (κ3) is 3.81.